The van der Waals surface area contributed by atoms with Crippen LogP contribution in [0.5, 0.6) is 0 Å². The second-order valence-electron chi connectivity index (χ2n) is 4.48. The van der Waals surface area contributed by atoms with Crippen LogP contribution in [0.3, 0.4) is 0 Å². The Morgan fingerprint density at radius 3 is 2.71 bits per heavy atom. The van der Waals surface area contributed by atoms with Gasteiger partial charge < -0.3 is 9.30 Å². The molecule has 9 nitrogen and oxygen atoms in total. The molecule has 2 rings (SSSR count). The summed E-state index contributed by atoms with van der Waals surface area (Å²) >= 11 is 0. The Hall–Kier alpha value is -2.42. The summed E-state index contributed by atoms with van der Waals surface area (Å²) in [6, 6.07) is 0. The summed E-state index contributed by atoms with van der Waals surface area (Å²) in [4.78, 5) is 39.2. The van der Waals surface area contributed by atoms with Crippen LogP contribution < -0.4 is 16.6 Å². The Balaban J connectivity index is 2.29. The maximum Gasteiger partial charge on any atom is 0.332 e. The zero-order chi connectivity index (χ0) is 15.6. The van der Waals surface area contributed by atoms with Crippen molar-refractivity contribution in [2.24, 2.45) is 14.1 Å². The van der Waals surface area contributed by atoms with Crippen molar-refractivity contribution in [3.8, 4) is 0 Å². The number of imidazole rings is 1. The fraction of sp³-hybridized carbons (Fsp3) is 0.500. The summed E-state index contributed by atoms with van der Waals surface area (Å²) in [5.41, 5.74) is -0.252. The first-order valence-electron chi connectivity index (χ1n) is 6.44. The molecule has 1 N–H and O–H groups in total. The quantitative estimate of drug-likeness (QED) is 0.677. The number of aryl methyl sites for hydroxylation is 1. The van der Waals surface area contributed by atoms with Gasteiger partial charge in [0.1, 0.15) is 0 Å². The normalized spacial score (nSPS) is 11.0. The van der Waals surface area contributed by atoms with E-state index in [0.29, 0.717) is 17.8 Å². The van der Waals surface area contributed by atoms with Crippen LogP contribution in [0.25, 0.3) is 11.2 Å². The van der Waals surface area contributed by atoms with Crippen LogP contribution >= 0.6 is 0 Å². The van der Waals surface area contributed by atoms with Gasteiger partial charge in [-0.3, -0.25) is 24.0 Å². The highest BCUT2D eigenvalue weighted by Gasteiger charge is 2.14. The van der Waals surface area contributed by atoms with Gasteiger partial charge in [-0.2, -0.15) is 0 Å². The molecule has 2 aromatic rings. The van der Waals surface area contributed by atoms with Crippen molar-refractivity contribution in [1.29, 1.82) is 0 Å². The molecule has 0 radical (unpaired) electrons. The molecule has 2 aromatic heterocycles. The summed E-state index contributed by atoms with van der Waals surface area (Å²) in [5.74, 6) is -0.373. The average Bonchev–Trinajstić information content (AvgIpc) is 2.87. The molecule has 0 fully saturated rings. The van der Waals surface area contributed by atoms with E-state index < -0.39 is 11.2 Å². The lowest BCUT2D eigenvalue weighted by Gasteiger charge is -2.07. The lowest BCUT2D eigenvalue weighted by Crippen LogP contribution is -2.38. The minimum Gasteiger partial charge on any atom is -0.465 e. The van der Waals surface area contributed by atoms with Gasteiger partial charge in [-0.25, -0.2) is 9.78 Å². The van der Waals surface area contributed by atoms with Gasteiger partial charge in [-0.05, 0) is 6.92 Å². The third-order valence-electron chi connectivity index (χ3n) is 3.07. The number of carbonyl (C=O) groups is 1. The van der Waals surface area contributed by atoms with Crippen LogP contribution in [-0.2, 0) is 30.3 Å². The van der Waals surface area contributed by atoms with Crippen LogP contribution in [0.2, 0.25) is 0 Å². The topological polar surface area (TPSA) is 100 Å². The van der Waals surface area contributed by atoms with E-state index in [1.54, 1.807) is 18.5 Å². The van der Waals surface area contributed by atoms with E-state index >= 15 is 0 Å². The van der Waals surface area contributed by atoms with Gasteiger partial charge in [0.05, 0.1) is 26.1 Å². The minimum atomic E-state index is -0.433. The first kappa shape index (κ1) is 15.0. The number of carbonyl (C=O) groups excluding carboxylic acids is 1. The number of hydrogen-bond acceptors (Lipinski definition) is 6. The van der Waals surface area contributed by atoms with Crippen LogP contribution in [0.15, 0.2) is 15.9 Å². The molecule has 0 aromatic carbocycles. The zero-order valence-electron chi connectivity index (χ0n) is 12.1. The van der Waals surface area contributed by atoms with Crippen LogP contribution in [-0.4, -0.2) is 37.8 Å². The molecule has 0 aliphatic rings. The van der Waals surface area contributed by atoms with Gasteiger partial charge >= 0.3 is 11.7 Å². The Morgan fingerprint density at radius 2 is 2.05 bits per heavy atom. The average molecular weight is 295 g/mol. The third kappa shape index (κ3) is 2.72. The van der Waals surface area contributed by atoms with E-state index in [2.05, 4.69) is 10.3 Å². The Bertz CT molecular complexity index is 785. The molecule has 114 valence electrons. The molecule has 0 bridgehead atoms. The van der Waals surface area contributed by atoms with E-state index in [1.165, 1.54) is 17.9 Å². The van der Waals surface area contributed by atoms with Crippen LogP contribution in [0.1, 0.15) is 6.92 Å². The van der Waals surface area contributed by atoms with E-state index in [1.807, 2.05) is 0 Å². The number of fused-ring (bicyclic) bond motifs is 1. The van der Waals surface area contributed by atoms with Crippen molar-refractivity contribution in [1.82, 2.24) is 24.0 Å². The molecule has 0 saturated carbocycles. The minimum absolute atomic E-state index is 0.0274. The Kier molecular flexibility index (Phi) is 4.22. The molecule has 0 saturated heterocycles. The largest absolute Gasteiger partial charge is 0.465 e. The van der Waals surface area contributed by atoms with E-state index in [-0.39, 0.29) is 19.2 Å². The molecule has 0 aliphatic heterocycles. The van der Waals surface area contributed by atoms with Gasteiger partial charge in [-0.1, -0.05) is 0 Å². The van der Waals surface area contributed by atoms with Crippen molar-refractivity contribution in [3.63, 3.8) is 0 Å². The Morgan fingerprint density at radius 1 is 1.33 bits per heavy atom. The van der Waals surface area contributed by atoms with Crippen molar-refractivity contribution in [2.75, 3.05) is 13.2 Å². The van der Waals surface area contributed by atoms with E-state index in [4.69, 9.17) is 4.74 Å². The fourth-order valence-corrected chi connectivity index (χ4v) is 2.01. The summed E-state index contributed by atoms with van der Waals surface area (Å²) in [5, 5.41) is 2.86. The third-order valence-corrected chi connectivity index (χ3v) is 3.07. The van der Waals surface area contributed by atoms with Crippen LogP contribution in [0.4, 0.5) is 0 Å². The molecular weight excluding hydrogens is 278 g/mol. The number of hydrogen-bond donors (Lipinski definition) is 1. The first-order valence-corrected chi connectivity index (χ1v) is 6.44. The maximum atomic E-state index is 12.2. The molecule has 9 heteroatoms. The van der Waals surface area contributed by atoms with Gasteiger partial charge in [0.2, 0.25) is 0 Å². The molecule has 0 aliphatic carbocycles. The monoisotopic (exact) mass is 295 g/mol. The number of rotatable bonds is 5. The molecule has 0 amide bonds. The number of aromatic nitrogens is 4. The smallest absolute Gasteiger partial charge is 0.332 e. The zero-order valence-corrected chi connectivity index (χ0v) is 12.1. The second-order valence-corrected chi connectivity index (χ2v) is 4.48. The molecule has 0 unspecified atom stereocenters. The number of ether oxygens (including phenoxy) is 1. The highest BCUT2D eigenvalue weighted by molar-refractivity contribution is 5.72. The SMILES string of the molecule is CCOC(=O)CNCn1cnc2c1c(=O)n(C)c(=O)n2C. The van der Waals surface area contributed by atoms with Crippen molar-refractivity contribution >= 4 is 17.1 Å². The van der Waals surface area contributed by atoms with Gasteiger partial charge in [0, 0.05) is 14.1 Å². The molecule has 0 atom stereocenters. The van der Waals surface area contributed by atoms with Crippen molar-refractivity contribution < 1.29 is 9.53 Å². The van der Waals surface area contributed by atoms with Crippen molar-refractivity contribution in [3.05, 3.63) is 27.2 Å². The number of nitrogens with zero attached hydrogens (tertiary/aromatic N) is 4. The lowest BCUT2D eigenvalue weighted by molar-refractivity contribution is -0.142. The number of nitrogens with one attached hydrogen (secondary N) is 1. The molecule has 21 heavy (non-hydrogen) atoms. The summed E-state index contributed by atoms with van der Waals surface area (Å²) in [6.45, 7) is 2.28. The molecule has 0 spiro atoms. The first-order chi connectivity index (χ1) is 9.97. The van der Waals surface area contributed by atoms with Gasteiger partial charge in [0.15, 0.2) is 11.2 Å². The van der Waals surface area contributed by atoms with Gasteiger partial charge in [0.25, 0.3) is 5.56 Å². The fourth-order valence-electron chi connectivity index (χ4n) is 2.01. The van der Waals surface area contributed by atoms with Gasteiger partial charge in [-0.15, -0.1) is 0 Å². The summed E-state index contributed by atoms with van der Waals surface area (Å²) < 4.78 is 8.66. The van der Waals surface area contributed by atoms with Crippen LogP contribution in [0, 0.1) is 0 Å². The highest BCUT2D eigenvalue weighted by atomic mass is 16.5. The van der Waals surface area contributed by atoms with Crippen molar-refractivity contribution in [2.45, 2.75) is 13.6 Å². The molecular formula is C12H17N5O4. The summed E-state index contributed by atoms with van der Waals surface area (Å²) in [6.07, 6.45) is 1.45. The highest BCUT2D eigenvalue weighted by Crippen LogP contribution is 2.03. The lowest BCUT2D eigenvalue weighted by atomic mass is 10.5. The number of esters is 1. The maximum absolute atomic E-state index is 12.2. The van der Waals surface area contributed by atoms with E-state index in [9.17, 15) is 14.4 Å². The predicted octanol–water partition coefficient (Wildman–Crippen LogP) is -1.46. The summed E-state index contributed by atoms with van der Waals surface area (Å²) in [7, 11) is 2.96. The standard InChI is InChI=1S/C12H17N5O4/c1-4-21-8(18)5-13-6-17-7-14-10-9(17)11(19)16(3)12(20)15(10)2/h7,13H,4-6H2,1-3H3. The molecule has 2 heterocycles. The predicted molar refractivity (Wildman–Crippen MR) is 74.9 cm³/mol. The Labute approximate surface area is 119 Å². The second kappa shape index (κ2) is 5.92. The van der Waals surface area contributed by atoms with E-state index in [0.717, 1.165) is 4.57 Å².